The number of aromatic nitrogens is 1. The van der Waals surface area contributed by atoms with E-state index in [1.807, 2.05) is 24.5 Å². The molecule has 5 rings (SSSR count). The maximum atomic E-state index is 13.2. The van der Waals surface area contributed by atoms with E-state index in [0.717, 1.165) is 32.5 Å². The van der Waals surface area contributed by atoms with Gasteiger partial charge in [-0.2, -0.15) is 4.31 Å². The molecule has 2 fully saturated rings. The summed E-state index contributed by atoms with van der Waals surface area (Å²) in [6.45, 7) is 5.03. The number of anilines is 1. The molecule has 1 aromatic carbocycles. The van der Waals surface area contributed by atoms with E-state index in [2.05, 4.69) is 14.8 Å². The first kappa shape index (κ1) is 23.3. The van der Waals surface area contributed by atoms with E-state index < -0.39 is 15.6 Å². The minimum absolute atomic E-state index is 0.274. The van der Waals surface area contributed by atoms with Gasteiger partial charge in [0.15, 0.2) is 4.90 Å². The van der Waals surface area contributed by atoms with Gasteiger partial charge in [-0.3, -0.25) is 4.98 Å². The third kappa shape index (κ3) is 4.84. The molecule has 0 saturated carbocycles. The highest BCUT2D eigenvalue weighted by molar-refractivity contribution is 7.89. The van der Waals surface area contributed by atoms with Crippen LogP contribution in [0.25, 0.3) is 11.0 Å². The van der Waals surface area contributed by atoms with Crippen LogP contribution < -0.4 is 10.5 Å². The van der Waals surface area contributed by atoms with Crippen LogP contribution in [0.5, 0.6) is 0 Å². The highest BCUT2D eigenvalue weighted by Crippen LogP contribution is 2.25. The molecule has 2 saturated heterocycles. The monoisotopic (exact) mass is 502 g/mol. The van der Waals surface area contributed by atoms with Crippen molar-refractivity contribution in [3.8, 4) is 0 Å². The van der Waals surface area contributed by atoms with Gasteiger partial charge in [0.25, 0.3) is 0 Å². The largest absolute Gasteiger partial charge is 0.422 e. The lowest BCUT2D eigenvalue weighted by atomic mass is 9.95. The fourth-order valence-corrected chi connectivity index (χ4v) is 6.44. The first-order chi connectivity index (χ1) is 16.4. The Labute approximate surface area is 203 Å². The van der Waals surface area contributed by atoms with Crippen molar-refractivity contribution in [3.63, 3.8) is 0 Å². The van der Waals surface area contributed by atoms with Gasteiger partial charge < -0.3 is 14.2 Å². The molecule has 180 valence electrons. The zero-order valence-corrected chi connectivity index (χ0v) is 20.3. The Balaban J connectivity index is 1.18. The third-order valence-electron chi connectivity index (χ3n) is 6.77. The van der Waals surface area contributed by atoms with Gasteiger partial charge in [0.05, 0.1) is 0 Å². The summed E-state index contributed by atoms with van der Waals surface area (Å²) in [7, 11) is -3.93. The molecule has 3 aromatic rings. The second-order valence-electron chi connectivity index (χ2n) is 8.92. The fraction of sp³-hybridized carbons (Fsp3) is 0.417. The number of piperazine rings is 1. The van der Waals surface area contributed by atoms with Gasteiger partial charge in [0, 0.05) is 80.4 Å². The van der Waals surface area contributed by atoms with E-state index in [0.29, 0.717) is 42.5 Å². The normalized spacial score (nSPS) is 19.0. The van der Waals surface area contributed by atoms with Crippen LogP contribution in [0.1, 0.15) is 12.8 Å². The van der Waals surface area contributed by atoms with Crippen LogP contribution in [0.2, 0.25) is 5.02 Å². The van der Waals surface area contributed by atoms with Crippen LogP contribution in [-0.4, -0.2) is 68.4 Å². The van der Waals surface area contributed by atoms with E-state index in [1.165, 1.54) is 22.1 Å². The number of benzene rings is 1. The average molecular weight is 503 g/mol. The molecule has 0 amide bonds. The van der Waals surface area contributed by atoms with E-state index >= 15 is 0 Å². The summed E-state index contributed by atoms with van der Waals surface area (Å²) >= 11 is 5.94. The highest BCUT2D eigenvalue weighted by Gasteiger charge is 2.32. The van der Waals surface area contributed by atoms with Crippen LogP contribution in [0.3, 0.4) is 0 Å². The van der Waals surface area contributed by atoms with E-state index in [1.54, 1.807) is 12.1 Å². The molecular formula is C24H27ClN4O4S. The molecule has 0 unspecified atom stereocenters. The van der Waals surface area contributed by atoms with Gasteiger partial charge in [-0.25, -0.2) is 13.2 Å². The molecule has 0 radical (unpaired) electrons. The molecule has 0 spiro atoms. The van der Waals surface area contributed by atoms with Crippen LogP contribution in [0.4, 0.5) is 5.69 Å². The lowest BCUT2D eigenvalue weighted by Crippen LogP contribution is -2.51. The predicted molar refractivity (Wildman–Crippen MR) is 132 cm³/mol. The van der Waals surface area contributed by atoms with Gasteiger partial charge in [-0.15, -0.1) is 0 Å². The number of hydrogen-bond donors (Lipinski definition) is 0. The summed E-state index contributed by atoms with van der Waals surface area (Å²) in [4.78, 5) is 21.0. The van der Waals surface area contributed by atoms with Crippen molar-refractivity contribution in [3.05, 3.63) is 64.2 Å². The molecule has 0 N–H and O–H groups in total. The van der Waals surface area contributed by atoms with Gasteiger partial charge >= 0.3 is 5.63 Å². The fourth-order valence-electron chi connectivity index (χ4n) is 4.83. The Morgan fingerprint density at radius 1 is 0.971 bits per heavy atom. The second kappa shape index (κ2) is 9.65. The summed E-state index contributed by atoms with van der Waals surface area (Å²) in [6.07, 6.45) is 5.88. The third-order valence-corrected chi connectivity index (χ3v) is 8.89. The number of hydrogen-bond acceptors (Lipinski definition) is 7. The van der Waals surface area contributed by atoms with E-state index in [4.69, 9.17) is 16.0 Å². The van der Waals surface area contributed by atoms with Crippen molar-refractivity contribution in [1.82, 2.24) is 14.2 Å². The van der Waals surface area contributed by atoms with Crippen LogP contribution in [-0.2, 0) is 10.0 Å². The molecule has 0 atom stereocenters. The lowest BCUT2D eigenvalue weighted by Gasteiger charge is -2.39. The van der Waals surface area contributed by atoms with Crippen molar-refractivity contribution in [2.45, 2.75) is 17.7 Å². The molecular weight excluding hydrogens is 476 g/mol. The number of sulfonamides is 1. The summed E-state index contributed by atoms with van der Waals surface area (Å²) in [5.74, 6) is 0.598. The Morgan fingerprint density at radius 3 is 2.38 bits per heavy atom. The molecule has 8 nitrogen and oxygen atoms in total. The number of fused-ring (bicyclic) bond motifs is 1. The lowest BCUT2D eigenvalue weighted by molar-refractivity contribution is 0.155. The minimum atomic E-state index is -3.93. The first-order valence-corrected chi connectivity index (χ1v) is 13.3. The highest BCUT2D eigenvalue weighted by atomic mass is 35.5. The SMILES string of the molecule is O=c1oc2cc(Cl)ccc2cc1S(=O)(=O)N1CCN(CC2CCN(c3ccncc3)CC2)CC1. The van der Waals surface area contributed by atoms with Crippen LogP contribution >= 0.6 is 11.6 Å². The minimum Gasteiger partial charge on any atom is -0.422 e. The summed E-state index contributed by atoms with van der Waals surface area (Å²) < 4.78 is 33.0. The van der Waals surface area contributed by atoms with Gasteiger partial charge in [-0.05, 0) is 49.1 Å². The number of nitrogens with zero attached hydrogens (tertiary/aromatic N) is 4. The summed E-state index contributed by atoms with van der Waals surface area (Å²) in [5.41, 5.74) is 0.628. The first-order valence-electron chi connectivity index (χ1n) is 11.5. The Morgan fingerprint density at radius 2 is 1.68 bits per heavy atom. The van der Waals surface area contributed by atoms with Crippen molar-refractivity contribution >= 4 is 38.3 Å². The average Bonchev–Trinajstić information content (AvgIpc) is 2.85. The molecule has 4 heterocycles. The standard InChI is InChI=1S/C24H27ClN4O4S/c25-20-2-1-19-15-23(24(30)33-22(19)16-20)34(31,32)29-13-11-27(12-14-29)17-18-5-9-28(10-6-18)21-3-7-26-8-4-21/h1-4,7-8,15-16,18H,5-6,9-14,17H2. The summed E-state index contributed by atoms with van der Waals surface area (Å²) in [5, 5.41) is 0.949. The van der Waals surface area contributed by atoms with Gasteiger partial charge in [-0.1, -0.05) is 11.6 Å². The summed E-state index contributed by atoms with van der Waals surface area (Å²) in [6, 6.07) is 10.3. The number of rotatable bonds is 5. The molecule has 2 aromatic heterocycles. The maximum Gasteiger partial charge on any atom is 0.356 e. The molecule has 2 aliphatic heterocycles. The van der Waals surface area contributed by atoms with Gasteiger partial charge in [0.2, 0.25) is 10.0 Å². The van der Waals surface area contributed by atoms with Crippen molar-refractivity contribution in [2.75, 3.05) is 50.7 Å². The Kier molecular flexibility index (Phi) is 6.61. The molecule has 0 aliphatic carbocycles. The number of halogens is 1. The Hall–Kier alpha value is -2.46. The van der Waals surface area contributed by atoms with Crippen molar-refractivity contribution in [2.24, 2.45) is 5.92 Å². The second-order valence-corrected chi connectivity index (χ2v) is 11.3. The van der Waals surface area contributed by atoms with Crippen molar-refractivity contribution in [1.29, 1.82) is 0 Å². The zero-order chi connectivity index (χ0) is 23.7. The van der Waals surface area contributed by atoms with E-state index in [9.17, 15) is 13.2 Å². The smallest absolute Gasteiger partial charge is 0.356 e. The zero-order valence-electron chi connectivity index (χ0n) is 18.8. The van der Waals surface area contributed by atoms with Crippen LogP contribution in [0.15, 0.2) is 62.9 Å². The molecule has 10 heteroatoms. The van der Waals surface area contributed by atoms with E-state index in [-0.39, 0.29) is 10.5 Å². The van der Waals surface area contributed by atoms with Crippen molar-refractivity contribution < 1.29 is 12.8 Å². The molecule has 0 bridgehead atoms. The predicted octanol–water partition coefficient (Wildman–Crippen LogP) is 3.06. The maximum absolute atomic E-state index is 13.2. The Bertz CT molecular complexity index is 1320. The quantitative estimate of drug-likeness (QED) is 0.495. The number of pyridine rings is 1. The van der Waals surface area contributed by atoms with Crippen LogP contribution in [0, 0.1) is 5.92 Å². The number of piperidine rings is 1. The topological polar surface area (TPSA) is 87.0 Å². The van der Waals surface area contributed by atoms with Gasteiger partial charge in [0.1, 0.15) is 5.58 Å². The molecule has 2 aliphatic rings. The molecule has 34 heavy (non-hydrogen) atoms.